The van der Waals surface area contributed by atoms with Gasteiger partial charge in [-0.05, 0) is 43.4 Å². The Bertz CT molecular complexity index is 828. The number of aliphatic hydroxyl groups is 2. The number of piperidine rings is 1. The largest absolute Gasteiger partial charge is 0.394 e. The molecule has 2 aliphatic heterocycles. The number of rotatable bonds is 6. The molecule has 29 heavy (non-hydrogen) atoms. The number of aliphatic hydroxyl groups excluding tert-OH is 2. The number of nitrogens with one attached hydrogen (secondary N) is 1. The van der Waals surface area contributed by atoms with Gasteiger partial charge < -0.3 is 25.3 Å². The number of hydrogen-bond acceptors (Lipinski definition) is 7. The first-order valence-electron chi connectivity index (χ1n) is 10.3. The van der Waals surface area contributed by atoms with Crippen LogP contribution in [-0.4, -0.2) is 58.6 Å². The second kappa shape index (κ2) is 8.92. The summed E-state index contributed by atoms with van der Waals surface area (Å²) in [6.45, 7) is 2.79. The van der Waals surface area contributed by atoms with E-state index in [4.69, 9.17) is 0 Å². The van der Waals surface area contributed by atoms with Gasteiger partial charge in [0.05, 0.1) is 24.4 Å². The Kier molecular flexibility index (Phi) is 6.10. The Morgan fingerprint density at radius 1 is 1.10 bits per heavy atom. The molecule has 2 aromatic rings. The molecule has 0 radical (unpaired) electrons. The SMILES string of the molecule is OCC1CCCN1c1cc(NCc2ccc(N3CCC(O)CC3)c(F)c2)ncn1. The first kappa shape index (κ1) is 19.8. The third-order valence-corrected chi connectivity index (χ3v) is 5.83. The fraction of sp³-hybridized carbons (Fsp3) is 0.524. The minimum Gasteiger partial charge on any atom is -0.394 e. The number of halogens is 1. The maximum absolute atomic E-state index is 14.6. The third kappa shape index (κ3) is 4.59. The van der Waals surface area contributed by atoms with E-state index in [0.29, 0.717) is 44.0 Å². The van der Waals surface area contributed by atoms with Gasteiger partial charge in [0.15, 0.2) is 0 Å². The van der Waals surface area contributed by atoms with Crippen LogP contribution in [0.3, 0.4) is 0 Å². The van der Waals surface area contributed by atoms with Gasteiger partial charge in [0, 0.05) is 32.2 Å². The molecule has 2 aliphatic rings. The van der Waals surface area contributed by atoms with Gasteiger partial charge in [-0.25, -0.2) is 14.4 Å². The molecule has 3 heterocycles. The van der Waals surface area contributed by atoms with Crippen LogP contribution in [0, 0.1) is 5.82 Å². The second-order valence-electron chi connectivity index (χ2n) is 7.79. The third-order valence-electron chi connectivity index (χ3n) is 5.83. The molecule has 2 fully saturated rings. The normalized spacial score (nSPS) is 20.3. The number of anilines is 3. The van der Waals surface area contributed by atoms with Crippen LogP contribution in [0.25, 0.3) is 0 Å². The monoisotopic (exact) mass is 401 g/mol. The standard InChI is InChI=1S/C21H28FN5O2/c22-18-10-15(3-4-19(18)26-8-5-17(29)6-9-26)12-23-20-11-21(25-14-24-20)27-7-1-2-16(27)13-28/h3-4,10-11,14,16-17,28-29H,1-2,5-9,12-13H2,(H,23,24,25). The molecule has 1 atom stereocenters. The summed E-state index contributed by atoms with van der Waals surface area (Å²) in [5.74, 6) is 1.23. The Labute approximate surface area is 170 Å². The van der Waals surface area contributed by atoms with E-state index in [-0.39, 0.29) is 24.6 Å². The summed E-state index contributed by atoms with van der Waals surface area (Å²) in [7, 11) is 0. The molecule has 2 saturated heterocycles. The highest BCUT2D eigenvalue weighted by Gasteiger charge is 2.25. The van der Waals surface area contributed by atoms with Gasteiger partial charge >= 0.3 is 0 Å². The Morgan fingerprint density at radius 2 is 1.93 bits per heavy atom. The van der Waals surface area contributed by atoms with Gasteiger partial charge in [0.1, 0.15) is 23.8 Å². The Hall–Kier alpha value is -2.45. The Balaban J connectivity index is 1.39. The van der Waals surface area contributed by atoms with E-state index in [1.165, 1.54) is 6.33 Å². The highest BCUT2D eigenvalue weighted by Crippen LogP contribution is 2.26. The number of nitrogens with zero attached hydrogens (tertiary/aromatic N) is 4. The lowest BCUT2D eigenvalue weighted by molar-refractivity contribution is 0.145. The summed E-state index contributed by atoms with van der Waals surface area (Å²) < 4.78 is 14.6. The van der Waals surface area contributed by atoms with Gasteiger partial charge in [0.25, 0.3) is 0 Å². The van der Waals surface area contributed by atoms with Gasteiger partial charge in [-0.2, -0.15) is 0 Å². The molecule has 0 bridgehead atoms. The zero-order chi connectivity index (χ0) is 20.2. The summed E-state index contributed by atoms with van der Waals surface area (Å²) in [4.78, 5) is 12.7. The van der Waals surface area contributed by atoms with Crippen molar-refractivity contribution in [2.75, 3.05) is 41.4 Å². The van der Waals surface area contributed by atoms with Crippen LogP contribution in [0.4, 0.5) is 21.7 Å². The zero-order valence-electron chi connectivity index (χ0n) is 16.5. The summed E-state index contributed by atoms with van der Waals surface area (Å²) in [5.41, 5.74) is 1.42. The molecule has 0 amide bonds. The molecule has 0 spiro atoms. The lowest BCUT2D eigenvalue weighted by atomic mass is 10.1. The van der Waals surface area contributed by atoms with Crippen LogP contribution in [-0.2, 0) is 6.54 Å². The van der Waals surface area contributed by atoms with E-state index >= 15 is 0 Å². The Morgan fingerprint density at radius 3 is 2.69 bits per heavy atom. The van der Waals surface area contributed by atoms with Crippen molar-refractivity contribution in [2.45, 2.75) is 44.4 Å². The van der Waals surface area contributed by atoms with Crippen molar-refractivity contribution in [1.29, 1.82) is 0 Å². The predicted molar refractivity (Wildman–Crippen MR) is 111 cm³/mol. The van der Waals surface area contributed by atoms with Crippen molar-refractivity contribution in [3.05, 3.63) is 42.0 Å². The van der Waals surface area contributed by atoms with Crippen molar-refractivity contribution >= 4 is 17.3 Å². The summed E-state index contributed by atoms with van der Waals surface area (Å²) in [6, 6.07) is 7.26. The molecule has 0 aliphatic carbocycles. The van der Waals surface area contributed by atoms with Crippen LogP contribution in [0.2, 0.25) is 0 Å². The van der Waals surface area contributed by atoms with Gasteiger partial charge in [-0.3, -0.25) is 0 Å². The van der Waals surface area contributed by atoms with Crippen molar-refractivity contribution in [1.82, 2.24) is 9.97 Å². The van der Waals surface area contributed by atoms with E-state index in [9.17, 15) is 14.6 Å². The quantitative estimate of drug-likeness (QED) is 0.684. The number of benzene rings is 1. The first-order chi connectivity index (χ1) is 14.1. The highest BCUT2D eigenvalue weighted by atomic mass is 19.1. The van der Waals surface area contributed by atoms with Gasteiger partial charge in [-0.15, -0.1) is 0 Å². The fourth-order valence-corrected chi connectivity index (χ4v) is 4.14. The van der Waals surface area contributed by atoms with Crippen molar-refractivity contribution in [3.8, 4) is 0 Å². The molecule has 1 unspecified atom stereocenters. The maximum Gasteiger partial charge on any atom is 0.146 e. The average Bonchev–Trinajstić information content (AvgIpc) is 3.22. The minimum atomic E-state index is -0.274. The zero-order valence-corrected chi connectivity index (χ0v) is 16.5. The summed E-state index contributed by atoms with van der Waals surface area (Å²) in [5, 5.41) is 22.4. The minimum absolute atomic E-state index is 0.107. The lowest BCUT2D eigenvalue weighted by Gasteiger charge is -2.31. The van der Waals surface area contributed by atoms with E-state index in [2.05, 4.69) is 20.2 Å². The average molecular weight is 401 g/mol. The maximum atomic E-state index is 14.6. The molecule has 1 aromatic carbocycles. The first-order valence-corrected chi connectivity index (χ1v) is 10.3. The predicted octanol–water partition coefficient (Wildman–Crippen LogP) is 2.15. The van der Waals surface area contributed by atoms with Crippen LogP contribution < -0.4 is 15.1 Å². The molecular formula is C21H28FN5O2. The van der Waals surface area contributed by atoms with Crippen LogP contribution in [0.5, 0.6) is 0 Å². The lowest BCUT2D eigenvalue weighted by Crippen LogP contribution is -2.36. The van der Waals surface area contributed by atoms with E-state index < -0.39 is 0 Å². The molecular weight excluding hydrogens is 373 g/mol. The van der Waals surface area contributed by atoms with Crippen molar-refractivity contribution < 1.29 is 14.6 Å². The smallest absolute Gasteiger partial charge is 0.146 e. The molecule has 0 saturated carbocycles. The second-order valence-corrected chi connectivity index (χ2v) is 7.79. The van der Waals surface area contributed by atoms with E-state index in [1.807, 2.05) is 23.1 Å². The number of aromatic nitrogens is 2. The van der Waals surface area contributed by atoms with Crippen molar-refractivity contribution in [2.24, 2.45) is 0 Å². The van der Waals surface area contributed by atoms with Crippen LogP contribution in [0.15, 0.2) is 30.6 Å². The van der Waals surface area contributed by atoms with Crippen molar-refractivity contribution in [3.63, 3.8) is 0 Å². The molecule has 8 heteroatoms. The summed E-state index contributed by atoms with van der Waals surface area (Å²) >= 11 is 0. The fourth-order valence-electron chi connectivity index (χ4n) is 4.14. The molecule has 1 aromatic heterocycles. The molecule has 156 valence electrons. The number of hydrogen-bond donors (Lipinski definition) is 3. The molecule has 7 nitrogen and oxygen atoms in total. The van der Waals surface area contributed by atoms with Crippen LogP contribution >= 0.6 is 0 Å². The molecule has 3 N–H and O–H groups in total. The summed E-state index contributed by atoms with van der Waals surface area (Å²) in [6.07, 6.45) is 4.59. The van der Waals surface area contributed by atoms with Gasteiger partial charge in [-0.1, -0.05) is 6.07 Å². The molecule has 4 rings (SSSR count). The van der Waals surface area contributed by atoms with E-state index in [0.717, 1.165) is 30.8 Å². The van der Waals surface area contributed by atoms with E-state index in [1.54, 1.807) is 6.07 Å². The van der Waals surface area contributed by atoms with Gasteiger partial charge in [0.2, 0.25) is 0 Å². The topological polar surface area (TPSA) is 84.8 Å². The van der Waals surface area contributed by atoms with Crippen LogP contribution in [0.1, 0.15) is 31.2 Å². The highest BCUT2D eigenvalue weighted by molar-refractivity contribution is 5.52.